The van der Waals surface area contributed by atoms with E-state index in [1.54, 1.807) is 6.20 Å². The second kappa shape index (κ2) is 4.24. The highest BCUT2D eigenvalue weighted by Gasteiger charge is 2.52. The number of rotatable bonds is 1. The van der Waals surface area contributed by atoms with E-state index in [1.165, 1.54) is 0 Å². The third kappa shape index (κ3) is 1.77. The quantitative estimate of drug-likeness (QED) is 0.877. The van der Waals surface area contributed by atoms with Crippen molar-refractivity contribution in [2.24, 2.45) is 0 Å². The van der Waals surface area contributed by atoms with Gasteiger partial charge in [0.15, 0.2) is 0 Å². The molecule has 1 spiro atoms. The molecule has 2 aliphatic rings. The number of nitrogens with one attached hydrogen (secondary N) is 1. The van der Waals surface area contributed by atoms with Gasteiger partial charge in [-0.05, 0) is 24.3 Å². The fourth-order valence-electron chi connectivity index (χ4n) is 3.23. The molecule has 0 atom stereocenters. The Hall–Kier alpha value is -2.01. The van der Waals surface area contributed by atoms with Gasteiger partial charge in [-0.2, -0.15) is 0 Å². The van der Waals surface area contributed by atoms with Gasteiger partial charge in [0.1, 0.15) is 0 Å². The number of hydrogen-bond acceptors (Lipinski definition) is 3. The van der Waals surface area contributed by atoms with E-state index in [0.717, 1.165) is 29.7 Å². The molecule has 1 aromatic carbocycles. The summed E-state index contributed by atoms with van der Waals surface area (Å²) in [5, 5.41) is 4.70. The standard InChI is InChI=1S/C15H15ClN4O/c1-19-14(21)18-7-15(19)8-20(9-15)13-4-5-17-12-6-10(16)2-3-11(12)13/h2-6H,7-9H2,1H3,(H,18,21). The van der Waals surface area contributed by atoms with Crippen LogP contribution in [0.3, 0.4) is 0 Å². The molecule has 21 heavy (non-hydrogen) atoms. The Morgan fingerprint density at radius 1 is 1.33 bits per heavy atom. The molecule has 2 aromatic rings. The molecule has 2 fully saturated rings. The zero-order valence-electron chi connectivity index (χ0n) is 11.6. The van der Waals surface area contributed by atoms with Crippen LogP contribution in [0.4, 0.5) is 10.5 Å². The van der Waals surface area contributed by atoms with Crippen molar-refractivity contribution >= 4 is 34.2 Å². The van der Waals surface area contributed by atoms with E-state index >= 15 is 0 Å². The SMILES string of the molecule is CN1C(=O)NCC12CN(c1ccnc3cc(Cl)ccc13)C2. The van der Waals surface area contributed by atoms with Gasteiger partial charge in [-0.1, -0.05) is 11.6 Å². The van der Waals surface area contributed by atoms with Gasteiger partial charge < -0.3 is 15.1 Å². The molecular formula is C15H15ClN4O. The number of carbonyl (C=O) groups excluding carboxylic acids is 1. The lowest BCUT2D eigenvalue weighted by molar-refractivity contribution is 0.152. The average Bonchev–Trinajstić information content (AvgIpc) is 2.73. The van der Waals surface area contributed by atoms with Gasteiger partial charge in [-0.15, -0.1) is 0 Å². The van der Waals surface area contributed by atoms with Crippen molar-refractivity contribution in [1.29, 1.82) is 0 Å². The highest BCUT2D eigenvalue weighted by molar-refractivity contribution is 6.31. The molecule has 0 saturated carbocycles. The number of nitrogens with zero attached hydrogens (tertiary/aromatic N) is 3. The van der Waals surface area contributed by atoms with Crippen molar-refractivity contribution in [2.45, 2.75) is 5.54 Å². The lowest BCUT2D eigenvalue weighted by Crippen LogP contribution is -2.69. The van der Waals surface area contributed by atoms with E-state index in [9.17, 15) is 4.79 Å². The molecule has 0 unspecified atom stereocenters. The summed E-state index contributed by atoms with van der Waals surface area (Å²) in [6.45, 7) is 2.39. The fraction of sp³-hybridized carbons (Fsp3) is 0.333. The van der Waals surface area contributed by atoms with Gasteiger partial charge in [-0.3, -0.25) is 4.98 Å². The number of likely N-dealkylation sites (N-methyl/N-ethyl adjacent to an activating group) is 1. The van der Waals surface area contributed by atoms with Crippen LogP contribution in [-0.4, -0.2) is 48.1 Å². The van der Waals surface area contributed by atoms with E-state index in [1.807, 2.05) is 36.2 Å². The molecule has 5 nitrogen and oxygen atoms in total. The third-order valence-corrected chi connectivity index (χ3v) is 4.81. The number of halogens is 1. The Morgan fingerprint density at radius 2 is 2.14 bits per heavy atom. The number of anilines is 1. The topological polar surface area (TPSA) is 48.5 Å². The summed E-state index contributed by atoms with van der Waals surface area (Å²) in [5.41, 5.74) is 1.98. The minimum atomic E-state index is -0.0703. The van der Waals surface area contributed by atoms with E-state index in [4.69, 9.17) is 11.6 Å². The summed E-state index contributed by atoms with van der Waals surface area (Å²) in [7, 11) is 1.87. The Balaban J connectivity index is 1.66. The second-order valence-corrected chi connectivity index (χ2v) is 6.23. The normalized spacial score (nSPS) is 20.0. The summed E-state index contributed by atoms with van der Waals surface area (Å²) >= 11 is 6.03. The lowest BCUT2D eigenvalue weighted by atomic mass is 9.88. The maximum atomic E-state index is 11.6. The van der Waals surface area contributed by atoms with Crippen LogP contribution in [0.15, 0.2) is 30.5 Å². The van der Waals surface area contributed by atoms with Crippen LogP contribution in [0.5, 0.6) is 0 Å². The largest absolute Gasteiger partial charge is 0.366 e. The van der Waals surface area contributed by atoms with Crippen molar-refractivity contribution in [3.05, 3.63) is 35.5 Å². The van der Waals surface area contributed by atoms with Crippen molar-refractivity contribution in [3.63, 3.8) is 0 Å². The van der Waals surface area contributed by atoms with Crippen LogP contribution in [0.1, 0.15) is 0 Å². The first-order valence-electron chi connectivity index (χ1n) is 6.90. The van der Waals surface area contributed by atoms with Crippen LogP contribution in [0.2, 0.25) is 5.02 Å². The van der Waals surface area contributed by atoms with Crippen LogP contribution in [-0.2, 0) is 0 Å². The van der Waals surface area contributed by atoms with E-state index in [2.05, 4.69) is 15.2 Å². The zero-order valence-corrected chi connectivity index (χ0v) is 12.4. The van der Waals surface area contributed by atoms with Crippen molar-refractivity contribution in [1.82, 2.24) is 15.2 Å². The van der Waals surface area contributed by atoms with Crippen LogP contribution in [0.25, 0.3) is 10.9 Å². The molecule has 2 aliphatic heterocycles. The van der Waals surface area contributed by atoms with Gasteiger partial charge in [-0.25, -0.2) is 4.79 Å². The number of aromatic nitrogens is 1. The van der Waals surface area contributed by atoms with Crippen LogP contribution >= 0.6 is 11.6 Å². The maximum absolute atomic E-state index is 11.6. The van der Waals surface area contributed by atoms with Gasteiger partial charge >= 0.3 is 6.03 Å². The van der Waals surface area contributed by atoms with Gasteiger partial charge in [0.2, 0.25) is 0 Å². The molecule has 4 rings (SSSR count). The highest BCUT2D eigenvalue weighted by atomic mass is 35.5. The number of urea groups is 1. The molecule has 0 aliphatic carbocycles. The number of hydrogen-bond donors (Lipinski definition) is 1. The Morgan fingerprint density at radius 3 is 2.86 bits per heavy atom. The fourth-order valence-corrected chi connectivity index (χ4v) is 3.40. The summed E-state index contributed by atoms with van der Waals surface area (Å²) in [6, 6.07) is 7.81. The van der Waals surface area contributed by atoms with E-state index in [0.29, 0.717) is 11.6 Å². The van der Waals surface area contributed by atoms with Gasteiger partial charge in [0, 0.05) is 49.0 Å². The third-order valence-electron chi connectivity index (χ3n) is 4.58. The zero-order chi connectivity index (χ0) is 14.6. The maximum Gasteiger partial charge on any atom is 0.317 e. The molecule has 3 heterocycles. The molecule has 0 radical (unpaired) electrons. The summed E-state index contributed by atoms with van der Waals surface area (Å²) in [5.74, 6) is 0. The van der Waals surface area contributed by atoms with Gasteiger partial charge in [0.05, 0.1) is 11.1 Å². The molecular weight excluding hydrogens is 288 g/mol. The lowest BCUT2D eigenvalue weighted by Gasteiger charge is -2.51. The summed E-state index contributed by atoms with van der Waals surface area (Å²) in [6.07, 6.45) is 1.81. The minimum absolute atomic E-state index is 0.0148. The number of pyridine rings is 1. The molecule has 1 N–H and O–H groups in total. The summed E-state index contributed by atoms with van der Waals surface area (Å²) in [4.78, 5) is 20.1. The predicted octanol–water partition coefficient (Wildman–Crippen LogP) is 2.10. The number of benzene rings is 1. The Bertz CT molecular complexity index is 742. The van der Waals surface area contributed by atoms with E-state index < -0.39 is 0 Å². The molecule has 108 valence electrons. The Kier molecular flexibility index (Phi) is 2.57. The first-order valence-corrected chi connectivity index (χ1v) is 7.28. The molecule has 2 amide bonds. The number of amides is 2. The van der Waals surface area contributed by atoms with E-state index in [-0.39, 0.29) is 11.6 Å². The minimum Gasteiger partial charge on any atom is -0.366 e. The molecule has 2 saturated heterocycles. The molecule has 0 bridgehead atoms. The molecule has 1 aromatic heterocycles. The van der Waals surface area contributed by atoms with Crippen LogP contribution in [0, 0.1) is 0 Å². The number of carbonyl (C=O) groups is 1. The van der Waals surface area contributed by atoms with Crippen molar-refractivity contribution < 1.29 is 4.79 Å². The second-order valence-electron chi connectivity index (χ2n) is 5.79. The predicted molar refractivity (Wildman–Crippen MR) is 82.9 cm³/mol. The first-order chi connectivity index (χ1) is 10.1. The number of fused-ring (bicyclic) bond motifs is 1. The monoisotopic (exact) mass is 302 g/mol. The van der Waals surface area contributed by atoms with Crippen molar-refractivity contribution in [2.75, 3.05) is 31.6 Å². The van der Waals surface area contributed by atoms with Gasteiger partial charge in [0.25, 0.3) is 0 Å². The smallest absolute Gasteiger partial charge is 0.317 e. The first kappa shape index (κ1) is 12.7. The average molecular weight is 303 g/mol. The van der Waals surface area contributed by atoms with Crippen LogP contribution < -0.4 is 10.2 Å². The molecule has 6 heteroatoms. The highest BCUT2D eigenvalue weighted by Crippen LogP contribution is 2.37. The van der Waals surface area contributed by atoms with Crippen molar-refractivity contribution in [3.8, 4) is 0 Å². The Labute approximate surface area is 127 Å². The summed E-state index contributed by atoms with van der Waals surface area (Å²) < 4.78 is 0.